The van der Waals surface area contributed by atoms with Crippen LogP contribution in [0.15, 0.2) is 0 Å². The predicted molar refractivity (Wildman–Crippen MR) is 39.6 cm³/mol. The van der Waals surface area contributed by atoms with Crippen molar-refractivity contribution in [2.75, 3.05) is 20.3 Å². The van der Waals surface area contributed by atoms with Crippen LogP contribution in [0.5, 0.6) is 0 Å². The zero-order chi connectivity index (χ0) is 7.98. The molecule has 0 aliphatic carbocycles. The van der Waals surface area contributed by atoms with Gasteiger partial charge in [-0.3, -0.25) is 0 Å². The van der Waals surface area contributed by atoms with Crippen molar-refractivity contribution in [3.63, 3.8) is 0 Å². The first-order valence-corrected chi connectivity index (χ1v) is 3.60. The van der Waals surface area contributed by atoms with Crippen LogP contribution in [0.1, 0.15) is 13.8 Å². The van der Waals surface area contributed by atoms with Gasteiger partial charge in [0.2, 0.25) is 0 Å². The molecule has 2 unspecified atom stereocenters. The lowest BCUT2D eigenvalue weighted by Gasteiger charge is -2.11. The van der Waals surface area contributed by atoms with Gasteiger partial charge in [0.05, 0.1) is 19.3 Å². The summed E-state index contributed by atoms with van der Waals surface area (Å²) < 4.78 is 10.2. The molecule has 0 radical (unpaired) electrons. The van der Waals surface area contributed by atoms with E-state index in [1.165, 1.54) is 0 Å². The molecule has 0 aromatic carbocycles. The summed E-state index contributed by atoms with van der Waals surface area (Å²) in [5, 5.41) is 0. The average molecular weight is 148 g/mol. The van der Waals surface area contributed by atoms with Crippen LogP contribution < -0.4 is 5.73 Å². The van der Waals surface area contributed by atoms with Crippen LogP contribution in [0.3, 0.4) is 0 Å². The summed E-state index contributed by atoms with van der Waals surface area (Å²) in [4.78, 5) is 0. The van der Waals surface area contributed by atoms with Crippen molar-refractivity contribution in [3.8, 4) is 0 Å². The Morgan fingerprint density at radius 2 is 1.90 bits per heavy atom. The predicted octanol–water partition coefficient (Wildman–Crippen LogP) is -0.332. The highest BCUT2D eigenvalue weighted by molar-refractivity contribution is 4.48. The summed E-state index contributed by atoms with van der Waals surface area (Å²) in [6.45, 7) is 5.39. The highest BCUT2D eigenvalue weighted by Gasteiger charge is 2.03. The van der Waals surface area contributed by atoms with Gasteiger partial charge in [0, 0.05) is 7.11 Å². The van der Waals surface area contributed by atoms with Crippen molar-refractivity contribution in [2.24, 2.45) is 0 Å². The van der Waals surface area contributed by atoms with E-state index >= 15 is 0 Å². The van der Waals surface area contributed by atoms with Crippen molar-refractivity contribution in [1.82, 2.24) is 0 Å². The fourth-order valence-electron chi connectivity index (χ4n) is 0.611. The van der Waals surface area contributed by atoms with Crippen LogP contribution in [0, 0.1) is 0 Å². The summed E-state index contributed by atoms with van der Waals surface area (Å²) in [6.07, 6.45) is 0.189. The Kier molecular flexibility index (Phi) is 5.58. The molecule has 0 heterocycles. The molecule has 0 aliphatic rings. The van der Waals surface area contributed by atoms with E-state index in [2.05, 4.69) is 5.73 Å². The maximum atomic E-state index is 5.36. The van der Waals surface area contributed by atoms with Gasteiger partial charge in [-0.1, -0.05) is 0 Å². The van der Waals surface area contributed by atoms with Crippen LogP contribution in [-0.4, -0.2) is 32.5 Å². The van der Waals surface area contributed by atoms with Gasteiger partial charge in [-0.2, -0.15) is 0 Å². The summed E-state index contributed by atoms with van der Waals surface area (Å²) in [6, 6.07) is 0.360. The molecule has 2 atom stereocenters. The third-order valence-corrected chi connectivity index (χ3v) is 1.07. The minimum atomic E-state index is 0.189. The third kappa shape index (κ3) is 6.01. The van der Waals surface area contributed by atoms with Crippen molar-refractivity contribution in [3.05, 3.63) is 0 Å². The van der Waals surface area contributed by atoms with Gasteiger partial charge in [0.15, 0.2) is 0 Å². The molecule has 0 rings (SSSR count). The molecule has 0 fully saturated rings. The van der Waals surface area contributed by atoms with Crippen molar-refractivity contribution in [1.29, 1.82) is 0 Å². The SMILES string of the molecule is COCC(C)OCC(C)[NH3+]. The molecule has 0 spiro atoms. The van der Waals surface area contributed by atoms with Crippen LogP contribution >= 0.6 is 0 Å². The highest BCUT2D eigenvalue weighted by atomic mass is 16.5. The first-order valence-electron chi connectivity index (χ1n) is 3.60. The molecule has 0 saturated carbocycles. The van der Waals surface area contributed by atoms with E-state index in [1.54, 1.807) is 7.11 Å². The van der Waals surface area contributed by atoms with Gasteiger partial charge >= 0.3 is 0 Å². The van der Waals surface area contributed by atoms with E-state index in [-0.39, 0.29) is 6.10 Å². The van der Waals surface area contributed by atoms with Gasteiger partial charge in [-0.05, 0) is 13.8 Å². The normalized spacial score (nSPS) is 16.8. The zero-order valence-corrected chi connectivity index (χ0v) is 7.09. The molecule has 0 amide bonds. The number of methoxy groups -OCH3 is 1. The molecule has 10 heavy (non-hydrogen) atoms. The highest BCUT2D eigenvalue weighted by Crippen LogP contribution is 1.90. The van der Waals surface area contributed by atoms with Crippen molar-refractivity contribution >= 4 is 0 Å². The molecule has 0 aromatic rings. The van der Waals surface area contributed by atoms with Gasteiger partial charge < -0.3 is 15.2 Å². The molecule has 0 aliphatic heterocycles. The maximum Gasteiger partial charge on any atom is 0.105 e. The Bertz CT molecular complexity index is 76.0. The lowest BCUT2D eigenvalue weighted by Crippen LogP contribution is -2.61. The Balaban J connectivity index is 3.12. The topological polar surface area (TPSA) is 46.1 Å². The summed E-state index contributed by atoms with van der Waals surface area (Å²) in [7, 11) is 1.67. The molecule has 3 nitrogen and oxygen atoms in total. The second-order valence-electron chi connectivity index (χ2n) is 2.70. The largest absolute Gasteiger partial charge is 0.382 e. The van der Waals surface area contributed by atoms with E-state index in [9.17, 15) is 0 Å². The summed E-state index contributed by atoms with van der Waals surface area (Å²) in [5.41, 5.74) is 3.80. The maximum absolute atomic E-state index is 5.36. The first-order chi connectivity index (χ1) is 4.66. The Hall–Kier alpha value is -0.120. The number of quaternary nitrogens is 1. The molecule has 3 N–H and O–H groups in total. The number of hydrogen-bond acceptors (Lipinski definition) is 2. The molecular weight excluding hydrogens is 130 g/mol. The van der Waals surface area contributed by atoms with Crippen LogP contribution in [0.25, 0.3) is 0 Å². The van der Waals surface area contributed by atoms with Gasteiger partial charge in [-0.15, -0.1) is 0 Å². The lowest BCUT2D eigenvalue weighted by atomic mass is 10.4. The van der Waals surface area contributed by atoms with Crippen LogP contribution in [0.2, 0.25) is 0 Å². The number of hydrogen-bond donors (Lipinski definition) is 1. The second kappa shape index (κ2) is 5.65. The van der Waals surface area contributed by atoms with E-state index in [4.69, 9.17) is 9.47 Å². The fraction of sp³-hybridized carbons (Fsp3) is 1.00. The Labute approximate surface area is 62.5 Å². The van der Waals surface area contributed by atoms with Gasteiger partial charge in [0.1, 0.15) is 6.04 Å². The molecule has 0 aromatic heterocycles. The molecule has 0 saturated heterocycles. The van der Waals surface area contributed by atoms with E-state index in [0.29, 0.717) is 19.3 Å². The van der Waals surface area contributed by atoms with E-state index < -0.39 is 0 Å². The Morgan fingerprint density at radius 1 is 1.30 bits per heavy atom. The summed E-state index contributed by atoms with van der Waals surface area (Å²) in [5.74, 6) is 0. The lowest BCUT2D eigenvalue weighted by molar-refractivity contribution is -0.422. The third-order valence-electron chi connectivity index (χ3n) is 1.07. The molecule has 62 valence electrons. The number of ether oxygens (including phenoxy) is 2. The quantitative estimate of drug-likeness (QED) is 0.580. The minimum Gasteiger partial charge on any atom is -0.382 e. The van der Waals surface area contributed by atoms with E-state index in [1.807, 2.05) is 13.8 Å². The Morgan fingerprint density at radius 3 is 2.30 bits per heavy atom. The monoisotopic (exact) mass is 148 g/mol. The number of rotatable bonds is 5. The smallest absolute Gasteiger partial charge is 0.105 e. The van der Waals surface area contributed by atoms with Crippen LogP contribution in [-0.2, 0) is 9.47 Å². The van der Waals surface area contributed by atoms with Crippen molar-refractivity contribution < 1.29 is 15.2 Å². The van der Waals surface area contributed by atoms with Crippen LogP contribution in [0.4, 0.5) is 0 Å². The zero-order valence-electron chi connectivity index (χ0n) is 7.09. The average Bonchev–Trinajstić information content (AvgIpc) is 1.85. The molecule has 3 heteroatoms. The first kappa shape index (κ1) is 9.88. The van der Waals surface area contributed by atoms with Gasteiger partial charge in [0.25, 0.3) is 0 Å². The minimum absolute atomic E-state index is 0.189. The van der Waals surface area contributed by atoms with Gasteiger partial charge in [-0.25, -0.2) is 0 Å². The van der Waals surface area contributed by atoms with Crippen molar-refractivity contribution in [2.45, 2.75) is 26.0 Å². The molecule has 0 bridgehead atoms. The second-order valence-corrected chi connectivity index (χ2v) is 2.70. The van der Waals surface area contributed by atoms with E-state index in [0.717, 1.165) is 0 Å². The summed E-state index contributed by atoms with van der Waals surface area (Å²) >= 11 is 0. The molecular formula is C7H18NO2+. The fourth-order valence-corrected chi connectivity index (χ4v) is 0.611. The standard InChI is InChI=1S/C7H17NO2/c1-6(8)4-10-7(2)5-9-3/h6-7H,4-5,8H2,1-3H3/p+1.